The van der Waals surface area contributed by atoms with Crippen molar-refractivity contribution in [2.45, 2.75) is 23.9 Å². The van der Waals surface area contributed by atoms with Gasteiger partial charge in [-0.05, 0) is 6.42 Å². The fourth-order valence-electron chi connectivity index (χ4n) is 3.83. The smallest absolute Gasteiger partial charge is 0.415 e. The van der Waals surface area contributed by atoms with Gasteiger partial charge in [-0.15, -0.1) is 0 Å². The van der Waals surface area contributed by atoms with Crippen LogP contribution in [0.2, 0.25) is 0 Å². The monoisotopic (exact) mass is 341 g/mol. The molecule has 3 rings (SSSR count). The lowest BCUT2D eigenvalue weighted by molar-refractivity contribution is -0.777. The Morgan fingerprint density at radius 1 is 1.50 bits per heavy atom. The van der Waals surface area contributed by atoms with E-state index in [4.69, 9.17) is 9.47 Å². The molecule has 6 unspecified atom stereocenters. The number of aliphatic hydroxyl groups is 1. The maximum Gasteiger partial charge on any atom is 0.415 e. The Morgan fingerprint density at radius 2 is 2.23 bits per heavy atom. The third-order valence-corrected chi connectivity index (χ3v) is 5.07. The van der Waals surface area contributed by atoms with Gasteiger partial charge in [0.05, 0.1) is 5.92 Å². The molecule has 2 bridgehead atoms. The van der Waals surface area contributed by atoms with Crippen LogP contribution in [-0.4, -0.2) is 41.1 Å². The lowest BCUT2D eigenvalue weighted by Gasteiger charge is -2.31. The molecule has 124 valence electrons. The van der Waals surface area contributed by atoms with Crippen LogP contribution in [0.1, 0.15) is 6.42 Å². The Kier molecular flexibility index (Phi) is 4.01. The predicted octanol–water partition coefficient (Wildman–Crippen LogP) is -0.838. The maximum absolute atomic E-state index is 13.4. The standard InChI is InChI=1S/C11H12F2O8S/c12-11(13,22-21-20-17)10(16)19-7-3-1-4-6(5(3)2-14)9(15)18-8(4)7/h3-8,14,17H,1-2H2/p-1. The van der Waals surface area contributed by atoms with E-state index in [9.17, 15) is 28.7 Å². The van der Waals surface area contributed by atoms with Crippen LogP contribution in [0.25, 0.3) is 0 Å². The largest absolute Gasteiger partial charge is 0.691 e. The minimum atomic E-state index is -4.15. The highest BCUT2D eigenvalue weighted by Gasteiger charge is 2.68. The van der Waals surface area contributed by atoms with Gasteiger partial charge >= 0.3 is 17.2 Å². The maximum atomic E-state index is 13.4. The van der Waals surface area contributed by atoms with E-state index in [1.54, 1.807) is 0 Å². The summed E-state index contributed by atoms with van der Waals surface area (Å²) in [4.78, 5) is 23.3. The van der Waals surface area contributed by atoms with Gasteiger partial charge in [-0.25, -0.2) is 4.79 Å². The van der Waals surface area contributed by atoms with E-state index in [1.807, 2.05) is 0 Å². The summed E-state index contributed by atoms with van der Waals surface area (Å²) in [6.07, 6.45) is -1.35. The predicted molar refractivity (Wildman–Crippen MR) is 60.1 cm³/mol. The zero-order valence-corrected chi connectivity index (χ0v) is 11.7. The molecule has 0 aromatic rings. The van der Waals surface area contributed by atoms with E-state index in [-0.39, 0.29) is 12.5 Å². The second kappa shape index (κ2) is 5.57. The van der Waals surface area contributed by atoms with Crippen molar-refractivity contribution in [2.75, 3.05) is 6.61 Å². The number of carbonyl (C=O) groups is 2. The number of hydrogen-bond donors (Lipinski definition) is 1. The average molecular weight is 341 g/mol. The van der Waals surface area contributed by atoms with Crippen LogP contribution in [0, 0.1) is 23.7 Å². The van der Waals surface area contributed by atoms with Gasteiger partial charge in [0.1, 0.15) is 24.3 Å². The van der Waals surface area contributed by atoms with Gasteiger partial charge in [-0.2, -0.15) is 13.1 Å². The Balaban J connectivity index is 1.71. The van der Waals surface area contributed by atoms with Crippen molar-refractivity contribution in [3.63, 3.8) is 0 Å². The number of alkyl halides is 2. The summed E-state index contributed by atoms with van der Waals surface area (Å²) in [7, 11) is 0. The zero-order chi connectivity index (χ0) is 16.1. The molecule has 1 heterocycles. The molecule has 0 aromatic carbocycles. The van der Waals surface area contributed by atoms with Gasteiger partial charge < -0.3 is 19.8 Å². The Morgan fingerprint density at radius 3 is 2.86 bits per heavy atom. The van der Waals surface area contributed by atoms with Crippen LogP contribution >= 0.6 is 12.0 Å². The number of esters is 2. The van der Waals surface area contributed by atoms with Crippen molar-refractivity contribution in [3.8, 4) is 0 Å². The van der Waals surface area contributed by atoms with Gasteiger partial charge in [0.15, 0.2) is 0 Å². The number of ether oxygens (including phenoxy) is 2. The van der Waals surface area contributed by atoms with Gasteiger partial charge in [-0.3, -0.25) is 9.83 Å². The number of aliphatic hydroxyl groups excluding tert-OH is 1. The van der Waals surface area contributed by atoms with Crippen molar-refractivity contribution >= 4 is 24.0 Å². The van der Waals surface area contributed by atoms with Crippen LogP contribution in [0.4, 0.5) is 8.78 Å². The number of carbonyl (C=O) groups excluding carboxylic acids is 2. The molecule has 2 saturated carbocycles. The van der Waals surface area contributed by atoms with Crippen molar-refractivity contribution in [1.82, 2.24) is 0 Å². The molecule has 1 saturated heterocycles. The lowest BCUT2D eigenvalue weighted by Crippen LogP contribution is -2.44. The van der Waals surface area contributed by atoms with E-state index >= 15 is 0 Å². The molecular formula is C11H11F2O8S-. The number of rotatable bonds is 6. The van der Waals surface area contributed by atoms with E-state index in [0.717, 1.165) is 0 Å². The minimum absolute atomic E-state index is 0.241. The third kappa shape index (κ3) is 2.27. The lowest BCUT2D eigenvalue weighted by atomic mass is 9.79. The third-order valence-electron chi connectivity index (χ3n) is 4.57. The first-order chi connectivity index (χ1) is 10.4. The molecule has 0 spiro atoms. The molecule has 1 N–H and O–H groups in total. The molecular weight excluding hydrogens is 330 g/mol. The summed E-state index contributed by atoms with van der Waals surface area (Å²) < 4.78 is 40.1. The number of hydrogen-bond acceptors (Lipinski definition) is 9. The van der Waals surface area contributed by atoms with Crippen LogP contribution < -0.4 is 5.26 Å². The van der Waals surface area contributed by atoms with Crippen LogP contribution in [-0.2, 0) is 28.4 Å². The molecule has 0 aromatic heterocycles. The molecule has 3 aliphatic rings. The van der Waals surface area contributed by atoms with E-state index < -0.39 is 59.2 Å². The summed E-state index contributed by atoms with van der Waals surface area (Å²) in [6.45, 7) is -0.319. The Labute approximate surface area is 126 Å². The van der Waals surface area contributed by atoms with Crippen molar-refractivity contribution < 1.29 is 47.6 Å². The second-order valence-electron chi connectivity index (χ2n) is 5.44. The summed E-state index contributed by atoms with van der Waals surface area (Å²) in [5.74, 6) is -4.03. The fourth-order valence-corrected chi connectivity index (χ4v) is 4.06. The molecule has 22 heavy (non-hydrogen) atoms. The SMILES string of the molecule is O=C1OC2C3CC(C(CO)C13)C2OC(=O)C(F)(F)SOO[O-]. The van der Waals surface area contributed by atoms with Gasteiger partial charge in [0.2, 0.25) is 0 Å². The first-order valence-electron chi connectivity index (χ1n) is 6.45. The summed E-state index contributed by atoms with van der Waals surface area (Å²) in [6, 6.07) is 0. The molecule has 6 atom stereocenters. The molecule has 0 amide bonds. The molecule has 3 fully saturated rings. The van der Waals surface area contributed by atoms with Crippen LogP contribution in [0.5, 0.6) is 0 Å². The Bertz CT molecular complexity index is 489. The highest BCUT2D eigenvalue weighted by molar-refractivity contribution is 7.96. The quantitative estimate of drug-likeness (QED) is 0.286. The number of halogens is 2. The summed E-state index contributed by atoms with van der Waals surface area (Å²) in [5, 5.41) is 17.6. The normalized spacial score (nSPS) is 39.2. The highest BCUT2D eigenvalue weighted by Crippen LogP contribution is 2.58. The molecule has 0 radical (unpaired) electrons. The second-order valence-corrected chi connectivity index (χ2v) is 6.26. The fraction of sp³-hybridized carbons (Fsp3) is 0.818. The first-order valence-corrected chi connectivity index (χ1v) is 7.19. The van der Waals surface area contributed by atoms with Crippen molar-refractivity contribution in [1.29, 1.82) is 0 Å². The van der Waals surface area contributed by atoms with Crippen LogP contribution in [0.3, 0.4) is 0 Å². The molecule has 11 heteroatoms. The Hall–Kier alpha value is -1.01. The van der Waals surface area contributed by atoms with Crippen molar-refractivity contribution in [3.05, 3.63) is 0 Å². The molecule has 1 aliphatic heterocycles. The molecule has 8 nitrogen and oxygen atoms in total. The van der Waals surface area contributed by atoms with Gasteiger partial charge in [0.25, 0.3) is 0 Å². The molecule has 2 aliphatic carbocycles. The zero-order valence-electron chi connectivity index (χ0n) is 10.8. The summed E-state index contributed by atoms with van der Waals surface area (Å²) in [5.41, 5.74) is 0. The summed E-state index contributed by atoms with van der Waals surface area (Å²) >= 11 is -0.783. The minimum Gasteiger partial charge on any atom is -0.691 e. The first kappa shape index (κ1) is 15.9. The van der Waals surface area contributed by atoms with Gasteiger partial charge in [0, 0.05) is 24.4 Å². The van der Waals surface area contributed by atoms with E-state index in [1.165, 1.54) is 0 Å². The van der Waals surface area contributed by atoms with E-state index in [2.05, 4.69) is 9.37 Å². The topological polar surface area (TPSA) is 114 Å². The van der Waals surface area contributed by atoms with E-state index in [0.29, 0.717) is 6.42 Å². The average Bonchev–Trinajstić information content (AvgIpc) is 3.08. The van der Waals surface area contributed by atoms with Crippen LogP contribution in [0.15, 0.2) is 0 Å². The van der Waals surface area contributed by atoms with Crippen molar-refractivity contribution in [2.24, 2.45) is 23.7 Å². The highest BCUT2D eigenvalue weighted by atomic mass is 32.2. The number of fused-ring (bicyclic) bond motifs is 1. The van der Waals surface area contributed by atoms with Gasteiger partial charge in [-0.1, -0.05) is 0 Å².